The Bertz CT molecular complexity index is 1180. The van der Waals surface area contributed by atoms with Gasteiger partial charge in [-0.2, -0.15) is 0 Å². The van der Waals surface area contributed by atoms with Gasteiger partial charge in [-0.3, -0.25) is 14.5 Å². The number of hydrogen-bond acceptors (Lipinski definition) is 5. The third kappa shape index (κ3) is 3.44. The minimum atomic E-state index is -0.334. The Morgan fingerprint density at radius 2 is 1.96 bits per heavy atom. The van der Waals surface area contributed by atoms with Crippen LogP contribution in [0.5, 0.6) is 5.75 Å². The second kappa shape index (κ2) is 7.43. The normalized spacial score (nSPS) is 11.0. The highest BCUT2D eigenvalue weighted by molar-refractivity contribution is 7.14. The first-order valence-electron chi connectivity index (χ1n) is 8.21. The molecular weight excluding hydrogens is 419 g/mol. The average Bonchev–Trinajstić information content (AvgIpc) is 3.26. The van der Waals surface area contributed by atoms with Gasteiger partial charge in [-0.05, 0) is 37.3 Å². The Kier molecular flexibility index (Phi) is 4.97. The first-order valence-corrected chi connectivity index (χ1v) is 9.85. The van der Waals surface area contributed by atoms with Gasteiger partial charge in [0.1, 0.15) is 11.4 Å². The summed E-state index contributed by atoms with van der Waals surface area (Å²) in [7, 11) is 1.62. The second-order valence-corrected chi connectivity index (χ2v) is 7.67. The summed E-state index contributed by atoms with van der Waals surface area (Å²) < 4.78 is 6.76. The Morgan fingerprint density at radius 3 is 2.68 bits per heavy atom. The molecule has 0 aliphatic heterocycles. The number of fused-ring (bicyclic) bond motifs is 1. The number of thiazole rings is 1. The van der Waals surface area contributed by atoms with Crippen LogP contribution in [0.3, 0.4) is 0 Å². The van der Waals surface area contributed by atoms with Crippen LogP contribution in [-0.4, -0.2) is 27.4 Å². The van der Waals surface area contributed by atoms with Gasteiger partial charge in [0.15, 0.2) is 10.8 Å². The summed E-state index contributed by atoms with van der Waals surface area (Å²) >= 11 is 13.6. The van der Waals surface area contributed by atoms with Crippen molar-refractivity contribution in [3.8, 4) is 17.0 Å². The molecule has 3 aromatic heterocycles. The number of benzene rings is 1. The van der Waals surface area contributed by atoms with Gasteiger partial charge in [0.2, 0.25) is 0 Å². The number of nitrogens with one attached hydrogen (secondary N) is 1. The zero-order valence-electron chi connectivity index (χ0n) is 14.9. The number of aryl methyl sites for hydroxylation is 1. The maximum atomic E-state index is 12.9. The van der Waals surface area contributed by atoms with Crippen LogP contribution >= 0.6 is 34.5 Å². The smallest absolute Gasteiger partial charge is 0.276 e. The molecule has 4 rings (SSSR count). The molecule has 0 saturated heterocycles. The topological polar surface area (TPSA) is 68.5 Å². The fraction of sp³-hybridized carbons (Fsp3) is 0.105. The van der Waals surface area contributed by atoms with E-state index in [9.17, 15) is 4.79 Å². The fourth-order valence-corrected chi connectivity index (χ4v) is 4.07. The summed E-state index contributed by atoms with van der Waals surface area (Å²) in [5.74, 6) is 0.437. The van der Waals surface area contributed by atoms with Crippen molar-refractivity contribution in [2.45, 2.75) is 6.92 Å². The van der Waals surface area contributed by atoms with E-state index in [0.717, 1.165) is 17.0 Å². The lowest BCUT2D eigenvalue weighted by Gasteiger charge is -2.04. The molecule has 28 heavy (non-hydrogen) atoms. The van der Waals surface area contributed by atoms with Gasteiger partial charge in [0.25, 0.3) is 5.91 Å². The van der Waals surface area contributed by atoms with Crippen LogP contribution in [-0.2, 0) is 0 Å². The Labute approximate surface area is 174 Å². The van der Waals surface area contributed by atoms with Crippen molar-refractivity contribution < 1.29 is 9.53 Å². The maximum absolute atomic E-state index is 12.9. The Hall–Kier alpha value is -2.61. The number of pyridine rings is 1. The number of hydrogen-bond donors (Lipinski definition) is 1. The number of ether oxygens (including phenoxy) is 1. The molecule has 9 heteroatoms. The number of methoxy groups -OCH3 is 1. The predicted octanol–water partition coefficient (Wildman–Crippen LogP) is 5.33. The molecule has 4 aromatic rings. The predicted molar refractivity (Wildman–Crippen MR) is 112 cm³/mol. The van der Waals surface area contributed by atoms with Gasteiger partial charge in [-0.1, -0.05) is 23.2 Å². The van der Waals surface area contributed by atoms with E-state index in [4.69, 9.17) is 27.9 Å². The number of nitrogens with zero attached hydrogens (tertiary/aromatic N) is 3. The van der Waals surface area contributed by atoms with Crippen LogP contribution < -0.4 is 10.1 Å². The van der Waals surface area contributed by atoms with Crippen molar-refractivity contribution in [1.29, 1.82) is 0 Å². The van der Waals surface area contributed by atoms with E-state index in [1.807, 2.05) is 29.6 Å². The summed E-state index contributed by atoms with van der Waals surface area (Å²) in [5, 5.41) is 5.99. The lowest BCUT2D eigenvalue weighted by Crippen LogP contribution is -2.15. The van der Waals surface area contributed by atoms with Crippen molar-refractivity contribution >= 4 is 51.2 Å². The molecule has 142 valence electrons. The molecule has 0 fully saturated rings. The van der Waals surface area contributed by atoms with E-state index in [1.165, 1.54) is 11.3 Å². The number of imidazole rings is 1. The fourth-order valence-electron chi connectivity index (χ4n) is 2.84. The van der Waals surface area contributed by atoms with E-state index in [1.54, 1.807) is 30.7 Å². The van der Waals surface area contributed by atoms with Crippen LogP contribution in [0.4, 0.5) is 5.13 Å². The highest BCUT2D eigenvalue weighted by atomic mass is 35.5. The standard InChI is InChI=1S/C19H14Cl2N4O2S/c1-10-16(25-8-12(20)7-14(21)17(25)22-10)18(26)24-19-23-15(9-28-19)11-3-5-13(27-2)6-4-11/h3-9H,1-2H3,(H,23,24,26). The van der Waals surface area contributed by atoms with E-state index in [2.05, 4.69) is 15.3 Å². The van der Waals surface area contributed by atoms with Crippen LogP contribution in [0.25, 0.3) is 16.9 Å². The number of anilines is 1. The number of rotatable bonds is 4. The number of halogens is 2. The van der Waals surface area contributed by atoms with Crippen LogP contribution in [0.15, 0.2) is 41.9 Å². The monoisotopic (exact) mass is 432 g/mol. The molecule has 0 aliphatic rings. The lowest BCUT2D eigenvalue weighted by molar-refractivity contribution is 0.102. The first kappa shape index (κ1) is 18.7. The van der Waals surface area contributed by atoms with Crippen molar-refractivity contribution in [3.63, 3.8) is 0 Å². The van der Waals surface area contributed by atoms with Gasteiger partial charge >= 0.3 is 0 Å². The Morgan fingerprint density at radius 1 is 1.21 bits per heavy atom. The molecular formula is C19H14Cl2N4O2S. The van der Waals surface area contributed by atoms with Crippen molar-refractivity contribution in [3.05, 3.63) is 63.3 Å². The van der Waals surface area contributed by atoms with E-state index in [-0.39, 0.29) is 5.91 Å². The molecule has 0 bridgehead atoms. The molecule has 0 atom stereocenters. The first-order chi connectivity index (χ1) is 13.5. The van der Waals surface area contributed by atoms with E-state index >= 15 is 0 Å². The van der Waals surface area contributed by atoms with E-state index < -0.39 is 0 Å². The third-order valence-electron chi connectivity index (χ3n) is 4.14. The van der Waals surface area contributed by atoms with Gasteiger partial charge in [-0.25, -0.2) is 9.97 Å². The average molecular weight is 433 g/mol. The molecule has 1 aromatic carbocycles. The van der Waals surface area contributed by atoms with Crippen LogP contribution in [0.1, 0.15) is 16.2 Å². The molecule has 1 amide bonds. The largest absolute Gasteiger partial charge is 0.497 e. The number of carbonyl (C=O) groups is 1. The minimum absolute atomic E-state index is 0.334. The second-order valence-electron chi connectivity index (χ2n) is 5.97. The quantitative estimate of drug-likeness (QED) is 0.472. The lowest BCUT2D eigenvalue weighted by atomic mass is 10.2. The number of amides is 1. The van der Waals surface area contributed by atoms with Gasteiger partial charge in [-0.15, -0.1) is 11.3 Å². The van der Waals surface area contributed by atoms with Crippen molar-refractivity contribution in [1.82, 2.24) is 14.4 Å². The molecule has 6 nitrogen and oxygen atoms in total. The zero-order chi connectivity index (χ0) is 19.8. The van der Waals surface area contributed by atoms with Crippen molar-refractivity contribution in [2.24, 2.45) is 0 Å². The number of carbonyl (C=O) groups excluding carboxylic acids is 1. The van der Waals surface area contributed by atoms with Crippen LogP contribution in [0, 0.1) is 6.92 Å². The molecule has 3 heterocycles. The summed E-state index contributed by atoms with van der Waals surface area (Å²) in [6, 6.07) is 9.15. The van der Waals surface area contributed by atoms with E-state index in [0.29, 0.717) is 32.2 Å². The van der Waals surface area contributed by atoms with Gasteiger partial charge < -0.3 is 4.74 Å². The molecule has 0 unspecified atom stereocenters. The summed E-state index contributed by atoms with van der Waals surface area (Å²) in [4.78, 5) is 21.7. The summed E-state index contributed by atoms with van der Waals surface area (Å²) in [6.45, 7) is 1.75. The summed E-state index contributed by atoms with van der Waals surface area (Å²) in [5.41, 5.74) is 3.09. The highest BCUT2D eigenvalue weighted by Crippen LogP contribution is 2.28. The number of aromatic nitrogens is 3. The van der Waals surface area contributed by atoms with Crippen molar-refractivity contribution in [2.75, 3.05) is 12.4 Å². The molecule has 0 radical (unpaired) electrons. The molecule has 0 saturated carbocycles. The molecule has 0 aliphatic carbocycles. The zero-order valence-corrected chi connectivity index (χ0v) is 17.2. The van der Waals surface area contributed by atoms with Gasteiger partial charge in [0, 0.05) is 17.1 Å². The molecule has 1 N–H and O–H groups in total. The SMILES string of the molecule is COc1ccc(-c2csc(NC(=O)c3c(C)nc4c(Cl)cc(Cl)cn34)n2)cc1. The van der Waals surface area contributed by atoms with Gasteiger partial charge in [0.05, 0.1) is 28.5 Å². The third-order valence-corrected chi connectivity index (χ3v) is 5.38. The summed E-state index contributed by atoms with van der Waals surface area (Å²) in [6.07, 6.45) is 1.61. The minimum Gasteiger partial charge on any atom is -0.497 e. The molecule has 0 spiro atoms. The maximum Gasteiger partial charge on any atom is 0.276 e. The Balaban J connectivity index is 1.62. The highest BCUT2D eigenvalue weighted by Gasteiger charge is 2.20. The van der Waals surface area contributed by atoms with Crippen LogP contribution in [0.2, 0.25) is 10.0 Å².